The topological polar surface area (TPSA) is 113 Å². The van der Waals surface area contributed by atoms with Crippen molar-refractivity contribution in [2.75, 3.05) is 36.4 Å². The maximum Gasteiger partial charge on any atom is 0.282 e. The number of amides is 1. The van der Waals surface area contributed by atoms with Crippen molar-refractivity contribution in [2.24, 2.45) is 0 Å². The second kappa shape index (κ2) is 8.43. The fourth-order valence-corrected chi connectivity index (χ4v) is 3.04. The van der Waals surface area contributed by atoms with Crippen molar-refractivity contribution in [3.8, 4) is 0 Å². The molecule has 1 aromatic carbocycles. The van der Waals surface area contributed by atoms with Gasteiger partial charge < -0.3 is 15.5 Å². The molecule has 0 bridgehead atoms. The summed E-state index contributed by atoms with van der Waals surface area (Å²) in [6, 6.07) is 7.80. The lowest BCUT2D eigenvalue weighted by Gasteiger charge is -2.17. The van der Waals surface area contributed by atoms with Gasteiger partial charge in [0.2, 0.25) is 0 Å². The average Bonchev–Trinajstić information content (AvgIpc) is 3.19. The number of rotatable bonds is 7. The third-order valence-corrected chi connectivity index (χ3v) is 4.32. The van der Waals surface area contributed by atoms with Crippen molar-refractivity contribution in [3.05, 3.63) is 51.8 Å². The highest BCUT2D eigenvalue weighted by atomic mass is 16.6. The summed E-state index contributed by atoms with van der Waals surface area (Å²) in [7, 11) is 0. The Balaban J connectivity index is 1.54. The van der Waals surface area contributed by atoms with Gasteiger partial charge in [0.1, 0.15) is 23.0 Å². The van der Waals surface area contributed by atoms with Crippen LogP contribution in [0, 0.1) is 17.0 Å². The fraction of sp³-hybridized carbons (Fsp3) is 0.389. The van der Waals surface area contributed by atoms with E-state index in [1.807, 2.05) is 13.0 Å². The van der Waals surface area contributed by atoms with Crippen molar-refractivity contribution in [3.63, 3.8) is 0 Å². The van der Waals surface area contributed by atoms with Crippen LogP contribution in [0.5, 0.6) is 0 Å². The van der Waals surface area contributed by atoms with E-state index in [-0.39, 0.29) is 11.3 Å². The molecule has 27 heavy (non-hydrogen) atoms. The summed E-state index contributed by atoms with van der Waals surface area (Å²) in [5.41, 5.74) is -0.152. The number of nitro groups is 1. The SMILES string of the molecule is Cc1nc(NCCNC(=O)c2ccccc2[N+](=O)[O-])cc(N2CCCC2)n1. The molecule has 1 aliphatic heterocycles. The van der Waals surface area contributed by atoms with Crippen molar-refractivity contribution in [2.45, 2.75) is 19.8 Å². The van der Waals surface area contributed by atoms with Crippen LogP contribution in [0.1, 0.15) is 29.0 Å². The van der Waals surface area contributed by atoms with E-state index < -0.39 is 10.8 Å². The van der Waals surface area contributed by atoms with Gasteiger partial charge in [0.25, 0.3) is 11.6 Å². The lowest BCUT2D eigenvalue weighted by atomic mass is 10.1. The molecular formula is C18H22N6O3. The third kappa shape index (κ3) is 4.69. The zero-order valence-corrected chi connectivity index (χ0v) is 15.1. The monoisotopic (exact) mass is 370 g/mol. The molecule has 1 fully saturated rings. The number of hydrogen-bond donors (Lipinski definition) is 2. The summed E-state index contributed by atoms with van der Waals surface area (Å²) in [5, 5.41) is 16.9. The number of carbonyl (C=O) groups is 1. The Hall–Kier alpha value is -3.23. The van der Waals surface area contributed by atoms with Crippen molar-refractivity contribution in [1.82, 2.24) is 15.3 Å². The van der Waals surface area contributed by atoms with Crippen LogP contribution in [0.4, 0.5) is 17.3 Å². The Kier molecular flexibility index (Phi) is 5.80. The first-order valence-corrected chi connectivity index (χ1v) is 8.91. The van der Waals surface area contributed by atoms with Crippen LogP contribution in [0.25, 0.3) is 0 Å². The van der Waals surface area contributed by atoms with Crippen LogP contribution in [-0.4, -0.2) is 47.0 Å². The second-order valence-corrected chi connectivity index (χ2v) is 6.31. The van der Waals surface area contributed by atoms with E-state index in [0.29, 0.717) is 24.7 Å². The summed E-state index contributed by atoms with van der Waals surface area (Å²) in [6.07, 6.45) is 2.34. The van der Waals surface area contributed by atoms with E-state index in [2.05, 4.69) is 25.5 Å². The number of carbonyl (C=O) groups excluding carboxylic acids is 1. The zero-order valence-electron chi connectivity index (χ0n) is 15.1. The molecule has 9 nitrogen and oxygen atoms in total. The minimum atomic E-state index is -0.559. The normalized spacial score (nSPS) is 13.4. The predicted octanol–water partition coefficient (Wildman–Crippen LogP) is 2.14. The number of nitrogens with zero attached hydrogens (tertiary/aromatic N) is 4. The smallest absolute Gasteiger partial charge is 0.282 e. The molecule has 0 atom stereocenters. The highest BCUT2D eigenvalue weighted by Gasteiger charge is 2.18. The van der Waals surface area contributed by atoms with Crippen LogP contribution in [-0.2, 0) is 0 Å². The third-order valence-electron chi connectivity index (χ3n) is 4.32. The number of aromatic nitrogens is 2. The zero-order chi connectivity index (χ0) is 19.2. The molecule has 142 valence electrons. The van der Waals surface area contributed by atoms with Crippen LogP contribution < -0.4 is 15.5 Å². The van der Waals surface area contributed by atoms with Gasteiger partial charge in [-0.25, -0.2) is 9.97 Å². The largest absolute Gasteiger partial charge is 0.368 e. The van der Waals surface area contributed by atoms with Crippen LogP contribution in [0.2, 0.25) is 0 Å². The molecule has 2 heterocycles. The number of hydrogen-bond acceptors (Lipinski definition) is 7. The first-order valence-electron chi connectivity index (χ1n) is 8.91. The van der Waals surface area contributed by atoms with E-state index in [4.69, 9.17) is 0 Å². The van der Waals surface area contributed by atoms with Gasteiger partial charge in [-0.3, -0.25) is 14.9 Å². The number of benzene rings is 1. The van der Waals surface area contributed by atoms with Gasteiger partial charge in [0, 0.05) is 38.3 Å². The summed E-state index contributed by atoms with van der Waals surface area (Å²) >= 11 is 0. The fourth-order valence-electron chi connectivity index (χ4n) is 3.04. The molecule has 1 aromatic heterocycles. The summed E-state index contributed by atoms with van der Waals surface area (Å²) in [6.45, 7) is 4.61. The molecule has 0 radical (unpaired) electrons. The molecule has 1 amide bonds. The molecule has 3 rings (SSSR count). The Morgan fingerprint density at radius 3 is 2.70 bits per heavy atom. The van der Waals surface area contributed by atoms with Gasteiger partial charge in [-0.1, -0.05) is 12.1 Å². The maximum absolute atomic E-state index is 12.2. The molecule has 0 unspecified atom stereocenters. The average molecular weight is 370 g/mol. The van der Waals surface area contributed by atoms with Gasteiger partial charge in [0.05, 0.1) is 4.92 Å². The van der Waals surface area contributed by atoms with E-state index in [9.17, 15) is 14.9 Å². The van der Waals surface area contributed by atoms with Gasteiger partial charge in [0.15, 0.2) is 0 Å². The Labute approximate surface area is 157 Å². The lowest BCUT2D eigenvalue weighted by molar-refractivity contribution is -0.385. The molecule has 1 saturated heterocycles. The minimum absolute atomic E-state index is 0.0525. The maximum atomic E-state index is 12.2. The van der Waals surface area contributed by atoms with Crippen molar-refractivity contribution < 1.29 is 9.72 Å². The predicted molar refractivity (Wildman–Crippen MR) is 102 cm³/mol. The number of para-hydroxylation sites is 1. The Morgan fingerprint density at radius 1 is 1.22 bits per heavy atom. The van der Waals surface area contributed by atoms with Gasteiger partial charge in [-0.05, 0) is 25.8 Å². The van der Waals surface area contributed by atoms with E-state index in [1.54, 1.807) is 6.07 Å². The summed E-state index contributed by atoms with van der Waals surface area (Å²) in [5.74, 6) is 1.82. The lowest BCUT2D eigenvalue weighted by Crippen LogP contribution is -2.29. The van der Waals surface area contributed by atoms with Gasteiger partial charge in [-0.2, -0.15) is 0 Å². The van der Waals surface area contributed by atoms with Crippen LogP contribution in [0.3, 0.4) is 0 Å². The Bertz CT molecular complexity index is 836. The minimum Gasteiger partial charge on any atom is -0.368 e. The molecule has 0 saturated carbocycles. The van der Waals surface area contributed by atoms with Gasteiger partial charge in [-0.15, -0.1) is 0 Å². The molecule has 0 aliphatic carbocycles. The quantitative estimate of drug-likeness (QED) is 0.436. The van der Waals surface area contributed by atoms with Crippen molar-refractivity contribution in [1.29, 1.82) is 0 Å². The number of aryl methyl sites for hydroxylation is 1. The number of nitro benzene ring substituents is 1. The highest BCUT2D eigenvalue weighted by Crippen LogP contribution is 2.20. The highest BCUT2D eigenvalue weighted by molar-refractivity contribution is 5.98. The summed E-state index contributed by atoms with van der Waals surface area (Å²) < 4.78 is 0. The molecule has 1 aliphatic rings. The van der Waals surface area contributed by atoms with Crippen LogP contribution >= 0.6 is 0 Å². The van der Waals surface area contributed by atoms with E-state index in [0.717, 1.165) is 18.9 Å². The molecule has 9 heteroatoms. The number of anilines is 2. The number of nitrogens with one attached hydrogen (secondary N) is 2. The van der Waals surface area contributed by atoms with E-state index >= 15 is 0 Å². The van der Waals surface area contributed by atoms with Crippen LogP contribution in [0.15, 0.2) is 30.3 Å². The molecule has 2 aromatic rings. The first kappa shape index (κ1) is 18.6. The molecule has 2 N–H and O–H groups in total. The first-order chi connectivity index (χ1) is 13.0. The van der Waals surface area contributed by atoms with E-state index in [1.165, 1.54) is 31.0 Å². The standard InChI is InChI=1S/C18H22N6O3/c1-13-21-16(12-17(22-13)23-10-4-5-11-23)19-8-9-20-18(25)14-6-2-3-7-15(14)24(26)27/h2-3,6-7,12H,4-5,8-11H2,1H3,(H,20,25)(H,19,21,22). The van der Waals surface area contributed by atoms with Crippen molar-refractivity contribution >= 4 is 23.2 Å². The summed E-state index contributed by atoms with van der Waals surface area (Å²) in [4.78, 5) is 33.7. The molecule has 0 spiro atoms. The Morgan fingerprint density at radius 2 is 1.96 bits per heavy atom. The second-order valence-electron chi connectivity index (χ2n) is 6.31. The van der Waals surface area contributed by atoms with Gasteiger partial charge >= 0.3 is 0 Å². The molecular weight excluding hydrogens is 348 g/mol.